The van der Waals surface area contributed by atoms with E-state index in [-0.39, 0.29) is 5.91 Å². The van der Waals surface area contributed by atoms with Crippen LogP contribution in [0.2, 0.25) is 0 Å². The number of rotatable bonds is 7. The fraction of sp³-hybridized carbons (Fsp3) is 0.562. The summed E-state index contributed by atoms with van der Waals surface area (Å²) in [5.74, 6) is -0.0285. The lowest BCUT2D eigenvalue weighted by atomic mass is 10.1. The van der Waals surface area contributed by atoms with Crippen molar-refractivity contribution in [2.75, 3.05) is 25.1 Å². The fourth-order valence-electron chi connectivity index (χ4n) is 2.12. The topological polar surface area (TPSA) is 58.4 Å². The van der Waals surface area contributed by atoms with Crippen LogP contribution in [-0.4, -0.2) is 30.9 Å². The van der Waals surface area contributed by atoms with Crippen LogP contribution < -0.4 is 11.1 Å². The molecule has 4 nitrogen and oxygen atoms in total. The van der Waals surface area contributed by atoms with Crippen LogP contribution in [0.5, 0.6) is 0 Å². The molecule has 0 spiro atoms. The summed E-state index contributed by atoms with van der Waals surface area (Å²) >= 11 is 0. The summed E-state index contributed by atoms with van der Waals surface area (Å²) in [6.45, 7) is 4.37. The molecule has 0 radical (unpaired) electrons. The van der Waals surface area contributed by atoms with Gasteiger partial charge in [-0.15, -0.1) is 0 Å². The van der Waals surface area contributed by atoms with Crippen LogP contribution in [0, 0.1) is 0 Å². The SMILES string of the molecule is CCCCCC(C)Nc1ccc(C(=O)N(C)C)cc1N. The van der Waals surface area contributed by atoms with E-state index in [1.807, 2.05) is 12.1 Å². The highest BCUT2D eigenvalue weighted by Gasteiger charge is 2.11. The van der Waals surface area contributed by atoms with Gasteiger partial charge in [-0.2, -0.15) is 0 Å². The highest BCUT2D eigenvalue weighted by atomic mass is 16.2. The van der Waals surface area contributed by atoms with Crippen molar-refractivity contribution >= 4 is 17.3 Å². The van der Waals surface area contributed by atoms with Crippen molar-refractivity contribution in [3.05, 3.63) is 23.8 Å². The van der Waals surface area contributed by atoms with Gasteiger partial charge in [0.2, 0.25) is 0 Å². The highest BCUT2D eigenvalue weighted by Crippen LogP contribution is 2.22. The van der Waals surface area contributed by atoms with E-state index in [0.29, 0.717) is 17.3 Å². The second-order valence-electron chi connectivity index (χ2n) is 5.54. The maximum Gasteiger partial charge on any atom is 0.253 e. The Hall–Kier alpha value is -1.71. The monoisotopic (exact) mass is 277 g/mol. The molecule has 1 rings (SSSR count). The molecule has 1 aromatic carbocycles. The number of hydrogen-bond donors (Lipinski definition) is 2. The first-order chi connectivity index (χ1) is 9.45. The minimum Gasteiger partial charge on any atom is -0.397 e. The minimum atomic E-state index is -0.0285. The third kappa shape index (κ3) is 4.76. The molecule has 0 saturated heterocycles. The molecule has 112 valence electrons. The first-order valence-corrected chi connectivity index (χ1v) is 7.33. The van der Waals surface area contributed by atoms with Crippen LogP contribution in [-0.2, 0) is 0 Å². The molecule has 1 unspecified atom stereocenters. The number of nitrogen functional groups attached to an aromatic ring is 1. The lowest BCUT2D eigenvalue weighted by Crippen LogP contribution is -2.22. The van der Waals surface area contributed by atoms with Gasteiger partial charge in [0.05, 0.1) is 11.4 Å². The molecule has 1 aromatic rings. The molecule has 1 atom stereocenters. The summed E-state index contributed by atoms with van der Waals surface area (Å²) in [6, 6.07) is 5.84. The van der Waals surface area contributed by atoms with Gasteiger partial charge < -0.3 is 16.0 Å². The third-order valence-corrected chi connectivity index (χ3v) is 3.35. The first-order valence-electron chi connectivity index (χ1n) is 7.33. The van der Waals surface area contributed by atoms with Crippen LogP contribution in [0.4, 0.5) is 11.4 Å². The zero-order chi connectivity index (χ0) is 15.1. The van der Waals surface area contributed by atoms with E-state index < -0.39 is 0 Å². The lowest BCUT2D eigenvalue weighted by Gasteiger charge is -2.18. The third-order valence-electron chi connectivity index (χ3n) is 3.35. The number of nitrogens with two attached hydrogens (primary N) is 1. The quantitative estimate of drug-likeness (QED) is 0.593. The van der Waals surface area contributed by atoms with Crippen molar-refractivity contribution in [1.29, 1.82) is 0 Å². The van der Waals surface area contributed by atoms with Crippen molar-refractivity contribution < 1.29 is 4.79 Å². The maximum absolute atomic E-state index is 11.9. The number of benzene rings is 1. The van der Waals surface area contributed by atoms with Crippen molar-refractivity contribution in [2.45, 2.75) is 45.6 Å². The number of hydrogen-bond acceptors (Lipinski definition) is 3. The summed E-state index contributed by atoms with van der Waals surface area (Å²) in [7, 11) is 3.47. The number of carbonyl (C=O) groups excluding carboxylic acids is 1. The molecule has 0 aromatic heterocycles. The Kier molecular flexibility index (Phi) is 6.36. The van der Waals surface area contributed by atoms with E-state index in [1.54, 1.807) is 25.1 Å². The molecule has 0 bridgehead atoms. The standard InChI is InChI=1S/C16H27N3O/c1-5-6-7-8-12(2)18-15-10-9-13(11-14(15)17)16(20)19(3)4/h9-12,18H,5-8,17H2,1-4H3. The minimum absolute atomic E-state index is 0.0285. The van der Waals surface area contributed by atoms with Crippen LogP contribution in [0.1, 0.15) is 49.9 Å². The number of nitrogens with one attached hydrogen (secondary N) is 1. The van der Waals surface area contributed by atoms with Gasteiger partial charge in [0.1, 0.15) is 0 Å². The number of nitrogens with zero attached hydrogens (tertiary/aromatic N) is 1. The molecule has 0 aliphatic heterocycles. The van der Waals surface area contributed by atoms with E-state index in [2.05, 4.69) is 19.2 Å². The van der Waals surface area contributed by atoms with Gasteiger partial charge in [0.25, 0.3) is 5.91 Å². The second-order valence-corrected chi connectivity index (χ2v) is 5.54. The van der Waals surface area contributed by atoms with Gasteiger partial charge in [0, 0.05) is 25.7 Å². The zero-order valence-corrected chi connectivity index (χ0v) is 13.1. The molecule has 0 fully saturated rings. The lowest BCUT2D eigenvalue weighted by molar-refractivity contribution is 0.0827. The van der Waals surface area contributed by atoms with Crippen molar-refractivity contribution in [1.82, 2.24) is 4.90 Å². The molecule has 20 heavy (non-hydrogen) atoms. The van der Waals surface area contributed by atoms with Crippen LogP contribution in [0.15, 0.2) is 18.2 Å². The highest BCUT2D eigenvalue weighted by molar-refractivity contribution is 5.95. The number of amides is 1. The van der Waals surface area contributed by atoms with Crippen molar-refractivity contribution in [2.24, 2.45) is 0 Å². The normalized spacial score (nSPS) is 12.0. The molecule has 3 N–H and O–H groups in total. The Labute approximate surface area is 122 Å². The Morgan fingerprint density at radius 1 is 1.35 bits per heavy atom. The fourth-order valence-corrected chi connectivity index (χ4v) is 2.12. The maximum atomic E-state index is 11.9. The van der Waals surface area contributed by atoms with Crippen LogP contribution in [0.25, 0.3) is 0 Å². The van der Waals surface area contributed by atoms with Gasteiger partial charge in [0.15, 0.2) is 0 Å². The summed E-state index contributed by atoms with van der Waals surface area (Å²) < 4.78 is 0. The molecule has 0 heterocycles. The average molecular weight is 277 g/mol. The average Bonchev–Trinajstić information content (AvgIpc) is 2.40. The molecule has 0 aliphatic carbocycles. The van der Waals surface area contributed by atoms with E-state index in [0.717, 1.165) is 12.1 Å². The summed E-state index contributed by atoms with van der Waals surface area (Å²) in [6.07, 6.45) is 4.85. The van der Waals surface area contributed by atoms with Gasteiger partial charge in [-0.25, -0.2) is 0 Å². The van der Waals surface area contributed by atoms with Gasteiger partial charge in [-0.3, -0.25) is 4.79 Å². The summed E-state index contributed by atoms with van der Waals surface area (Å²) in [5, 5.41) is 3.41. The van der Waals surface area contributed by atoms with Crippen LogP contribution >= 0.6 is 0 Å². The largest absolute Gasteiger partial charge is 0.397 e. The van der Waals surface area contributed by atoms with Gasteiger partial charge in [-0.1, -0.05) is 26.2 Å². The van der Waals surface area contributed by atoms with E-state index in [9.17, 15) is 4.79 Å². The van der Waals surface area contributed by atoms with E-state index in [1.165, 1.54) is 19.3 Å². The number of anilines is 2. The smallest absolute Gasteiger partial charge is 0.253 e. The van der Waals surface area contributed by atoms with Crippen LogP contribution in [0.3, 0.4) is 0 Å². The molecular weight excluding hydrogens is 250 g/mol. The molecule has 1 amide bonds. The first kappa shape index (κ1) is 16.3. The summed E-state index contributed by atoms with van der Waals surface area (Å²) in [4.78, 5) is 13.4. The second kappa shape index (κ2) is 7.78. The Morgan fingerprint density at radius 3 is 2.60 bits per heavy atom. The number of carbonyl (C=O) groups is 1. The van der Waals surface area contributed by atoms with Gasteiger partial charge in [-0.05, 0) is 31.5 Å². The molecule has 4 heteroatoms. The molecule has 0 saturated carbocycles. The molecule has 0 aliphatic rings. The van der Waals surface area contributed by atoms with E-state index in [4.69, 9.17) is 5.73 Å². The Balaban J connectivity index is 2.66. The molecular formula is C16H27N3O. The Morgan fingerprint density at radius 2 is 2.05 bits per heavy atom. The van der Waals surface area contributed by atoms with Crippen molar-refractivity contribution in [3.8, 4) is 0 Å². The number of unbranched alkanes of at least 4 members (excludes halogenated alkanes) is 2. The van der Waals surface area contributed by atoms with E-state index >= 15 is 0 Å². The summed E-state index contributed by atoms with van der Waals surface area (Å²) in [5.41, 5.74) is 8.18. The van der Waals surface area contributed by atoms with Crippen molar-refractivity contribution in [3.63, 3.8) is 0 Å². The predicted molar refractivity (Wildman–Crippen MR) is 86.1 cm³/mol. The Bertz CT molecular complexity index is 443. The zero-order valence-electron chi connectivity index (χ0n) is 13.1. The van der Waals surface area contributed by atoms with Gasteiger partial charge >= 0.3 is 0 Å². The predicted octanol–water partition coefficient (Wildman–Crippen LogP) is 3.35.